The topological polar surface area (TPSA) is 79.2 Å². The molecule has 1 aromatic heterocycles. The van der Waals surface area contributed by atoms with Crippen molar-refractivity contribution in [1.82, 2.24) is 0 Å². The van der Waals surface area contributed by atoms with Crippen LogP contribution in [0.1, 0.15) is 39.2 Å². The van der Waals surface area contributed by atoms with Gasteiger partial charge in [-0.1, -0.05) is 11.6 Å². The number of carbonyl (C=O) groups is 2. The Morgan fingerprint density at radius 3 is 2.68 bits per heavy atom. The minimum atomic E-state index is -0.313. The van der Waals surface area contributed by atoms with E-state index < -0.39 is 0 Å². The summed E-state index contributed by atoms with van der Waals surface area (Å²) in [5.41, 5.74) is 1.68. The highest BCUT2D eigenvalue weighted by atomic mass is 35.5. The number of halogens is 1. The van der Waals surface area contributed by atoms with Crippen LogP contribution in [-0.2, 0) is 4.79 Å². The Hall–Kier alpha value is -2.36. The van der Waals surface area contributed by atoms with Crippen LogP contribution >= 0.6 is 22.9 Å². The number of ether oxygens (including phenoxy) is 1. The highest BCUT2D eigenvalue weighted by molar-refractivity contribution is 7.16. The van der Waals surface area contributed by atoms with Gasteiger partial charge in [0.2, 0.25) is 5.91 Å². The van der Waals surface area contributed by atoms with Crippen LogP contribution in [0.15, 0.2) is 18.2 Å². The molecule has 0 unspecified atom stereocenters. The summed E-state index contributed by atoms with van der Waals surface area (Å²) in [6.45, 7) is 3.74. The summed E-state index contributed by atoms with van der Waals surface area (Å²) in [6.07, 6.45) is 0.0309. The Balaban J connectivity index is 2.03. The molecule has 2 rings (SSSR count). The molecule has 0 aliphatic rings. The van der Waals surface area contributed by atoms with Gasteiger partial charge in [0.1, 0.15) is 16.8 Å². The van der Waals surface area contributed by atoms with Gasteiger partial charge in [-0.2, -0.15) is 5.26 Å². The average molecular weight is 377 g/mol. The van der Waals surface area contributed by atoms with E-state index in [2.05, 4.69) is 11.4 Å². The third kappa shape index (κ3) is 4.38. The van der Waals surface area contributed by atoms with Crippen LogP contribution in [-0.4, -0.2) is 18.8 Å². The van der Waals surface area contributed by atoms with Crippen LogP contribution in [0, 0.1) is 25.2 Å². The lowest BCUT2D eigenvalue weighted by Crippen LogP contribution is -2.13. The molecule has 1 N–H and O–H groups in total. The number of thiophene rings is 1. The number of nitriles is 1. The molecule has 130 valence electrons. The Kier molecular flexibility index (Phi) is 6.18. The summed E-state index contributed by atoms with van der Waals surface area (Å²) in [5.74, 6) is -0.119. The van der Waals surface area contributed by atoms with Crippen LogP contribution in [0.4, 0.5) is 5.00 Å². The minimum Gasteiger partial charge on any atom is -0.496 e. The van der Waals surface area contributed by atoms with Crippen LogP contribution in [0.2, 0.25) is 5.02 Å². The number of carbonyl (C=O) groups excluding carboxylic acids is 2. The molecule has 1 amide bonds. The zero-order chi connectivity index (χ0) is 18.6. The first kappa shape index (κ1) is 19.0. The van der Waals surface area contributed by atoms with Gasteiger partial charge >= 0.3 is 0 Å². The van der Waals surface area contributed by atoms with Gasteiger partial charge in [-0.15, -0.1) is 11.3 Å². The molecular formula is C18H17ClN2O3S. The van der Waals surface area contributed by atoms with Crippen molar-refractivity contribution in [3.63, 3.8) is 0 Å². The van der Waals surface area contributed by atoms with E-state index in [0.29, 0.717) is 26.9 Å². The smallest absolute Gasteiger partial charge is 0.225 e. The number of nitrogens with one attached hydrogen (secondary N) is 1. The van der Waals surface area contributed by atoms with E-state index in [9.17, 15) is 14.9 Å². The second-order valence-corrected chi connectivity index (χ2v) is 7.08. The predicted octanol–water partition coefficient (Wildman–Crippen LogP) is 4.50. The first-order valence-corrected chi connectivity index (χ1v) is 8.73. The van der Waals surface area contributed by atoms with Crippen LogP contribution < -0.4 is 10.1 Å². The number of benzene rings is 1. The van der Waals surface area contributed by atoms with Gasteiger partial charge in [0.15, 0.2) is 5.78 Å². The summed E-state index contributed by atoms with van der Waals surface area (Å²) in [5, 5.41) is 12.9. The summed E-state index contributed by atoms with van der Waals surface area (Å²) >= 11 is 7.28. The fourth-order valence-corrected chi connectivity index (χ4v) is 3.50. The first-order chi connectivity index (χ1) is 11.9. The van der Waals surface area contributed by atoms with Gasteiger partial charge in [0.25, 0.3) is 0 Å². The van der Waals surface area contributed by atoms with Crippen molar-refractivity contribution in [2.24, 2.45) is 0 Å². The van der Waals surface area contributed by atoms with E-state index in [1.165, 1.54) is 24.5 Å². The third-order valence-corrected chi connectivity index (χ3v) is 5.15. The monoisotopic (exact) mass is 376 g/mol. The van der Waals surface area contributed by atoms with Crippen molar-refractivity contribution in [2.75, 3.05) is 12.4 Å². The highest BCUT2D eigenvalue weighted by Gasteiger charge is 2.17. The maximum Gasteiger partial charge on any atom is 0.225 e. The zero-order valence-electron chi connectivity index (χ0n) is 14.1. The van der Waals surface area contributed by atoms with E-state index in [1.807, 2.05) is 13.8 Å². The van der Waals surface area contributed by atoms with E-state index in [-0.39, 0.29) is 24.5 Å². The molecule has 0 fully saturated rings. The molecule has 0 aliphatic carbocycles. The third-order valence-electron chi connectivity index (χ3n) is 3.79. The van der Waals surface area contributed by atoms with Gasteiger partial charge in [0.05, 0.1) is 18.2 Å². The Labute approximate surface area is 155 Å². The van der Waals surface area contributed by atoms with Crippen LogP contribution in [0.5, 0.6) is 5.75 Å². The minimum absolute atomic E-state index is 0.00929. The SMILES string of the molecule is COc1ccc(Cl)cc1C(=O)CCC(=O)Nc1sc(C)c(C)c1C#N. The van der Waals surface area contributed by atoms with E-state index >= 15 is 0 Å². The lowest BCUT2D eigenvalue weighted by Gasteiger charge is -2.08. The van der Waals surface area contributed by atoms with Crippen molar-refractivity contribution in [2.45, 2.75) is 26.7 Å². The summed E-state index contributed by atoms with van der Waals surface area (Å²) in [7, 11) is 1.47. The van der Waals surface area contributed by atoms with Crippen LogP contribution in [0.3, 0.4) is 0 Å². The zero-order valence-corrected chi connectivity index (χ0v) is 15.7. The molecule has 1 aromatic carbocycles. The lowest BCUT2D eigenvalue weighted by atomic mass is 10.1. The molecule has 2 aromatic rings. The summed E-state index contributed by atoms with van der Waals surface area (Å²) in [6, 6.07) is 6.88. The predicted molar refractivity (Wildman–Crippen MR) is 98.7 cm³/mol. The number of nitrogens with zero attached hydrogens (tertiary/aromatic N) is 1. The van der Waals surface area contributed by atoms with Gasteiger partial charge in [-0.3, -0.25) is 9.59 Å². The van der Waals surface area contributed by atoms with E-state index in [4.69, 9.17) is 16.3 Å². The number of Topliss-reactive ketones (excluding diaryl/α,β-unsaturated/α-hetero) is 1. The Morgan fingerprint density at radius 2 is 2.04 bits per heavy atom. The summed E-state index contributed by atoms with van der Waals surface area (Å²) < 4.78 is 5.16. The van der Waals surface area contributed by atoms with E-state index in [1.54, 1.807) is 12.1 Å². The van der Waals surface area contributed by atoms with Gasteiger partial charge in [0, 0.05) is 22.7 Å². The molecule has 0 atom stereocenters. The number of hydrogen-bond donors (Lipinski definition) is 1. The second-order valence-electron chi connectivity index (χ2n) is 5.42. The molecule has 0 radical (unpaired) electrons. The van der Waals surface area contributed by atoms with Gasteiger partial charge < -0.3 is 10.1 Å². The molecular weight excluding hydrogens is 360 g/mol. The average Bonchev–Trinajstić information content (AvgIpc) is 2.85. The normalized spacial score (nSPS) is 10.2. The van der Waals surface area contributed by atoms with Crippen molar-refractivity contribution < 1.29 is 14.3 Å². The number of amides is 1. The van der Waals surface area contributed by atoms with E-state index in [0.717, 1.165) is 10.4 Å². The number of methoxy groups -OCH3 is 1. The van der Waals surface area contributed by atoms with Crippen molar-refractivity contribution in [1.29, 1.82) is 5.26 Å². The Bertz CT molecular complexity index is 868. The molecule has 5 nitrogen and oxygen atoms in total. The maximum absolute atomic E-state index is 12.3. The number of anilines is 1. The number of aryl methyl sites for hydroxylation is 1. The standard InChI is InChI=1S/C18H17ClN2O3S/c1-10-11(2)25-18(14(10)9-20)21-17(23)7-5-15(22)13-8-12(19)4-6-16(13)24-3/h4,6,8H,5,7H2,1-3H3,(H,21,23). The lowest BCUT2D eigenvalue weighted by molar-refractivity contribution is -0.116. The molecule has 1 heterocycles. The van der Waals surface area contributed by atoms with Gasteiger partial charge in [-0.05, 0) is 37.6 Å². The Morgan fingerprint density at radius 1 is 1.32 bits per heavy atom. The maximum atomic E-state index is 12.3. The van der Waals surface area contributed by atoms with Gasteiger partial charge in [-0.25, -0.2) is 0 Å². The first-order valence-electron chi connectivity index (χ1n) is 7.54. The highest BCUT2D eigenvalue weighted by Crippen LogP contribution is 2.32. The van der Waals surface area contributed by atoms with Crippen LogP contribution in [0.25, 0.3) is 0 Å². The second kappa shape index (κ2) is 8.15. The molecule has 25 heavy (non-hydrogen) atoms. The number of hydrogen-bond acceptors (Lipinski definition) is 5. The fourth-order valence-electron chi connectivity index (χ4n) is 2.30. The molecule has 7 heteroatoms. The number of rotatable bonds is 6. The molecule has 0 saturated heterocycles. The quantitative estimate of drug-likeness (QED) is 0.753. The molecule has 0 bridgehead atoms. The fraction of sp³-hybridized carbons (Fsp3) is 0.278. The summed E-state index contributed by atoms with van der Waals surface area (Å²) in [4.78, 5) is 25.5. The largest absolute Gasteiger partial charge is 0.496 e. The van der Waals surface area contributed by atoms with Crippen molar-refractivity contribution >= 4 is 39.6 Å². The van der Waals surface area contributed by atoms with Crippen molar-refractivity contribution in [3.8, 4) is 11.8 Å². The molecule has 0 spiro atoms. The molecule has 0 aliphatic heterocycles. The van der Waals surface area contributed by atoms with Crippen molar-refractivity contribution in [3.05, 3.63) is 44.8 Å². The molecule has 0 saturated carbocycles. The number of ketones is 1.